The molecule has 0 aromatic heterocycles. The molecule has 3 nitrogen and oxygen atoms in total. The van der Waals surface area contributed by atoms with Crippen LogP contribution in [0.4, 0.5) is 23.2 Å². The Bertz CT molecular complexity index is 739. The van der Waals surface area contributed by atoms with Crippen LogP contribution in [0.3, 0.4) is 0 Å². The van der Waals surface area contributed by atoms with Crippen molar-refractivity contribution in [3.63, 3.8) is 0 Å². The van der Waals surface area contributed by atoms with E-state index in [0.717, 1.165) is 12.1 Å². The second kappa shape index (κ2) is 5.85. The number of anilines is 1. The zero-order chi connectivity index (χ0) is 19.6. The second-order valence-electron chi connectivity index (χ2n) is 8.81. The third-order valence-corrected chi connectivity index (χ3v) is 6.53. The molecule has 1 saturated carbocycles. The van der Waals surface area contributed by atoms with Gasteiger partial charge in [-0.1, -0.05) is 0 Å². The molecule has 2 heterocycles. The van der Waals surface area contributed by atoms with E-state index in [1.807, 2.05) is 0 Å². The average Bonchev–Trinajstić information content (AvgIpc) is 3.34. The number of benzene rings is 1. The van der Waals surface area contributed by atoms with Gasteiger partial charge in [-0.3, -0.25) is 4.79 Å². The topological polar surface area (TPSA) is 23.6 Å². The third kappa shape index (κ3) is 2.90. The summed E-state index contributed by atoms with van der Waals surface area (Å²) in [6.45, 7) is 4.89. The van der Waals surface area contributed by atoms with Gasteiger partial charge in [0.1, 0.15) is 11.2 Å². The maximum Gasteiger partial charge on any atom is 0.403 e. The summed E-state index contributed by atoms with van der Waals surface area (Å²) in [5.41, 5.74) is -1.42. The number of rotatable bonds is 2. The molecule has 0 spiro atoms. The Morgan fingerprint density at radius 1 is 1.15 bits per heavy atom. The standard InChI is InChI=1S/C20H24F4N2O/c1-18(2)11-13-12-25(17(27)19(8-9-19)20(22,23)24)10-7-16(13)26(18)15-5-3-14(21)4-6-15/h3-6,13,16H,7-12H2,1-2H3/t13-,16+/m1/s1. The molecule has 27 heavy (non-hydrogen) atoms. The van der Waals surface area contributed by atoms with E-state index in [9.17, 15) is 22.4 Å². The van der Waals surface area contributed by atoms with Crippen LogP contribution in [0.15, 0.2) is 24.3 Å². The maximum atomic E-state index is 13.3. The fourth-order valence-electron chi connectivity index (χ4n) is 5.12. The van der Waals surface area contributed by atoms with Gasteiger partial charge in [-0.15, -0.1) is 0 Å². The monoisotopic (exact) mass is 384 g/mol. The van der Waals surface area contributed by atoms with Crippen molar-refractivity contribution in [3.8, 4) is 0 Å². The molecule has 7 heteroatoms. The first-order valence-electron chi connectivity index (χ1n) is 9.46. The zero-order valence-electron chi connectivity index (χ0n) is 15.5. The predicted molar refractivity (Wildman–Crippen MR) is 93.8 cm³/mol. The van der Waals surface area contributed by atoms with Gasteiger partial charge in [-0.25, -0.2) is 4.39 Å². The third-order valence-electron chi connectivity index (χ3n) is 6.53. The molecule has 1 aromatic rings. The summed E-state index contributed by atoms with van der Waals surface area (Å²) < 4.78 is 53.3. The van der Waals surface area contributed by atoms with Gasteiger partial charge in [-0.05, 0) is 69.7 Å². The lowest BCUT2D eigenvalue weighted by Crippen LogP contribution is -2.53. The highest BCUT2D eigenvalue weighted by Gasteiger charge is 2.69. The van der Waals surface area contributed by atoms with Crippen LogP contribution < -0.4 is 4.90 Å². The van der Waals surface area contributed by atoms with Gasteiger partial charge in [0, 0.05) is 30.4 Å². The van der Waals surface area contributed by atoms with E-state index in [-0.39, 0.29) is 36.2 Å². The van der Waals surface area contributed by atoms with Crippen LogP contribution in [0.5, 0.6) is 0 Å². The molecule has 0 bridgehead atoms. The summed E-state index contributed by atoms with van der Waals surface area (Å²) in [7, 11) is 0. The number of amides is 1. The number of carbonyl (C=O) groups excluding carboxylic acids is 1. The number of fused-ring (bicyclic) bond motifs is 1. The highest BCUT2D eigenvalue weighted by atomic mass is 19.4. The molecule has 0 N–H and O–H groups in total. The van der Waals surface area contributed by atoms with Gasteiger partial charge in [0.25, 0.3) is 0 Å². The normalized spacial score (nSPS) is 28.8. The van der Waals surface area contributed by atoms with Crippen molar-refractivity contribution >= 4 is 11.6 Å². The Morgan fingerprint density at radius 3 is 2.33 bits per heavy atom. The number of halogens is 4. The van der Waals surface area contributed by atoms with Crippen LogP contribution in [0.1, 0.15) is 39.5 Å². The fourth-order valence-corrected chi connectivity index (χ4v) is 5.12. The minimum Gasteiger partial charge on any atom is -0.363 e. The van der Waals surface area contributed by atoms with E-state index in [1.165, 1.54) is 17.0 Å². The lowest BCUT2D eigenvalue weighted by atomic mass is 9.89. The van der Waals surface area contributed by atoms with Crippen molar-refractivity contribution < 1.29 is 22.4 Å². The first-order valence-corrected chi connectivity index (χ1v) is 9.46. The summed E-state index contributed by atoms with van der Waals surface area (Å²) in [4.78, 5) is 16.3. The zero-order valence-corrected chi connectivity index (χ0v) is 15.5. The molecule has 1 aromatic carbocycles. The molecule has 0 radical (unpaired) electrons. The number of nitrogens with zero attached hydrogens (tertiary/aromatic N) is 2. The molecule has 3 fully saturated rings. The van der Waals surface area contributed by atoms with E-state index >= 15 is 0 Å². The van der Waals surface area contributed by atoms with Crippen LogP contribution in [-0.4, -0.2) is 41.7 Å². The SMILES string of the molecule is CC1(C)C[C@@H]2CN(C(=O)C3(C(F)(F)F)CC3)CC[C@@H]2N1c1ccc(F)cc1. The number of hydrogen-bond acceptors (Lipinski definition) is 2. The quantitative estimate of drug-likeness (QED) is 0.707. The summed E-state index contributed by atoms with van der Waals surface area (Å²) in [6.07, 6.45) is -3.22. The number of alkyl halides is 3. The van der Waals surface area contributed by atoms with Crippen molar-refractivity contribution in [2.24, 2.45) is 11.3 Å². The largest absolute Gasteiger partial charge is 0.403 e. The number of carbonyl (C=O) groups is 1. The smallest absolute Gasteiger partial charge is 0.363 e. The van der Waals surface area contributed by atoms with Crippen LogP contribution in [0.25, 0.3) is 0 Å². The molecule has 3 aliphatic rings. The number of piperidine rings is 1. The van der Waals surface area contributed by atoms with Gasteiger partial charge < -0.3 is 9.80 Å². The van der Waals surface area contributed by atoms with Crippen molar-refractivity contribution in [1.29, 1.82) is 0 Å². The lowest BCUT2D eigenvalue weighted by molar-refractivity contribution is -0.199. The van der Waals surface area contributed by atoms with Crippen LogP contribution in [0.2, 0.25) is 0 Å². The van der Waals surface area contributed by atoms with Crippen molar-refractivity contribution in [3.05, 3.63) is 30.1 Å². The van der Waals surface area contributed by atoms with Crippen molar-refractivity contribution in [2.45, 2.75) is 57.3 Å². The van der Waals surface area contributed by atoms with Crippen molar-refractivity contribution in [1.82, 2.24) is 4.90 Å². The summed E-state index contributed by atoms with van der Waals surface area (Å²) in [5.74, 6) is -0.923. The number of hydrogen-bond donors (Lipinski definition) is 0. The minimum absolute atomic E-state index is 0.0902. The molecule has 2 saturated heterocycles. The van der Waals surface area contributed by atoms with E-state index in [4.69, 9.17) is 0 Å². The second-order valence-corrected chi connectivity index (χ2v) is 8.81. The van der Waals surface area contributed by atoms with Gasteiger partial charge >= 0.3 is 6.18 Å². The summed E-state index contributed by atoms with van der Waals surface area (Å²) in [6, 6.07) is 6.50. The van der Waals surface area contributed by atoms with E-state index in [2.05, 4.69) is 18.7 Å². The Morgan fingerprint density at radius 2 is 1.78 bits per heavy atom. The minimum atomic E-state index is -4.46. The molecule has 4 rings (SSSR count). The molecule has 1 aliphatic carbocycles. The molecular formula is C20H24F4N2O. The number of likely N-dealkylation sites (tertiary alicyclic amines) is 1. The van der Waals surface area contributed by atoms with Crippen LogP contribution in [-0.2, 0) is 4.79 Å². The Hall–Kier alpha value is -1.79. The van der Waals surface area contributed by atoms with Crippen molar-refractivity contribution in [2.75, 3.05) is 18.0 Å². The van der Waals surface area contributed by atoms with Crippen LogP contribution in [0, 0.1) is 17.2 Å². The molecule has 148 valence electrons. The highest BCUT2D eigenvalue weighted by molar-refractivity contribution is 5.86. The lowest BCUT2D eigenvalue weighted by Gasteiger charge is -2.42. The first-order chi connectivity index (χ1) is 12.6. The molecular weight excluding hydrogens is 360 g/mol. The van der Waals surface area contributed by atoms with Gasteiger partial charge in [0.15, 0.2) is 0 Å². The van der Waals surface area contributed by atoms with E-state index in [1.54, 1.807) is 12.1 Å². The first kappa shape index (κ1) is 18.6. The summed E-state index contributed by atoms with van der Waals surface area (Å²) in [5, 5.41) is 0. The molecule has 1 amide bonds. The van der Waals surface area contributed by atoms with Gasteiger partial charge in [0.2, 0.25) is 5.91 Å². The average molecular weight is 384 g/mol. The Kier molecular flexibility index (Phi) is 4.02. The van der Waals surface area contributed by atoms with E-state index < -0.39 is 17.5 Å². The van der Waals surface area contributed by atoms with Gasteiger partial charge in [0.05, 0.1) is 0 Å². The summed E-state index contributed by atoms with van der Waals surface area (Å²) >= 11 is 0. The Balaban J connectivity index is 1.54. The molecule has 0 unspecified atom stereocenters. The highest BCUT2D eigenvalue weighted by Crippen LogP contribution is 2.59. The van der Waals surface area contributed by atoms with Crippen LogP contribution >= 0.6 is 0 Å². The Labute approximate surface area is 156 Å². The molecule has 2 aliphatic heterocycles. The van der Waals surface area contributed by atoms with E-state index in [0.29, 0.717) is 19.5 Å². The predicted octanol–water partition coefficient (Wildman–Crippen LogP) is 4.37. The maximum absolute atomic E-state index is 13.3. The molecule has 2 atom stereocenters. The van der Waals surface area contributed by atoms with Gasteiger partial charge in [-0.2, -0.15) is 13.2 Å². The fraction of sp³-hybridized carbons (Fsp3) is 0.650.